The molecule has 9 aromatic rings. The number of rotatable bonds is 8. The fourth-order valence-corrected chi connectivity index (χ4v) is 12.7. The maximum absolute atomic E-state index is 2.70. The summed E-state index contributed by atoms with van der Waals surface area (Å²) in [5.74, 6) is 2.30. The molecule has 0 spiro atoms. The van der Waals surface area contributed by atoms with Crippen LogP contribution >= 0.6 is 0 Å². The molecule has 4 heterocycles. The molecule has 2 nitrogen and oxygen atoms in total. The van der Waals surface area contributed by atoms with Gasteiger partial charge < -0.3 is 9.13 Å². The summed E-state index contributed by atoms with van der Waals surface area (Å²) in [6.45, 7) is 35.9. The Bertz CT molecular complexity index is 3470. The maximum atomic E-state index is 2.70. The van der Waals surface area contributed by atoms with E-state index < -0.39 is 0 Å². The molecule has 342 valence electrons. The molecule has 2 aromatic heterocycles. The number of hydrogen-bond donors (Lipinski definition) is 0. The van der Waals surface area contributed by atoms with Crippen molar-refractivity contribution < 1.29 is 0 Å². The van der Waals surface area contributed by atoms with Crippen molar-refractivity contribution in [1.82, 2.24) is 9.13 Å². The quantitative estimate of drug-likeness (QED) is 0.135. The molecule has 0 saturated carbocycles. The molecule has 0 fully saturated rings. The molecular weight excluding hydrogens is 818 g/mol. The summed E-state index contributed by atoms with van der Waals surface area (Å²) in [4.78, 5) is 0. The molecule has 0 amide bonds. The van der Waals surface area contributed by atoms with Gasteiger partial charge in [0, 0.05) is 44.0 Å². The zero-order chi connectivity index (χ0) is 48.0. The van der Waals surface area contributed by atoms with Gasteiger partial charge in [0.1, 0.15) is 0 Å². The van der Waals surface area contributed by atoms with Crippen LogP contribution in [0.25, 0.3) is 55.0 Å². The normalized spacial score (nSPS) is 13.7. The average Bonchev–Trinajstić information content (AvgIpc) is 3.82. The summed E-state index contributed by atoms with van der Waals surface area (Å²) >= 11 is 0. The Labute approximate surface area is 407 Å². The van der Waals surface area contributed by atoms with Gasteiger partial charge >= 0.3 is 0 Å². The highest BCUT2D eigenvalue weighted by atomic mass is 15.0. The third kappa shape index (κ3) is 6.52. The number of fused-ring (bicyclic) bond motifs is 10. The Morgan fingerprint density at radius 1 is 0.368 bits per heavy atom. The van der Waals surface area contributed by atoms with Crippen molar-refractivity contribution in [1.29, 1.82) is 0 Å². The standard InChI is InChI=1S/C64H70B2N2/c1-35(2)41-28-47(37(5)6)60(48(29-41)38(7)8)65-52-23-18-21-45-44-20-16-17-25-56(44)67(62(45)52)58-33-55-59(34-54(58)65)68-57-27-26-43(64(13,14)15)32-51(57)46-22-19-24-53(63(46)68)66(55)61-49(39(9)10)30-42(36(3)4)31-50(61)40(11)12/h16-40H,1-15H3. The summed E-state index contributed by atoms with van der Waals surface area (Å²) in [6, 6.07) is 46.6. The maximum Gasteiger partial charge on any atom is 0.247 e. The molecule has 0 unspecified atom stereocenters. The molecular formula is C64H70B2N2. The molecule has 4 heteroatoms. The predicted molar refractivity (Wildman–Crippen MR) is 301 cm³/mol. The van der Waals surface area contributed by atoms with Gasteiger partial charge in [-0.1, -0.05) is 200 Å². The molecule has 0 radical (unpaired) electrons. The number of aromatic nitrogens is 2. The molecule has 11 rings (SSSR count). The van der Waals surface area contributed by atoms with Gasteiger partial charge in [-0.05, 0) is 132 Å². The van der Waals surface area contributed by atoms with Gasteiger partial charge in [0.2, 0.25) is 13.4 Å². The third-order valence-electron chi connectivity index (χ3n) is 16.2. The average molecular weight is 889 g/mol. The first-order valence-electron chi connectivity index (χ1n) is 26.0. The predicted octanol–water partition coefficient (Wildman–Crippen LogP) is 13.6. The Hall–Kier alpha value is -5.73. The topological polar surface area (TPSA) is 9.86 Å². The minimum atomic E-state index is 0.0231. The summed E-state index contributed by atoms with van der Waals surface area (Å²) in [6.07, 6.45) is 0. The summed E-state index contributed by atoms with van der Waals surface area (Å²) in [7, 11) is 0. The lowest BCUT2D eigenvalue weighted by molar-refractivity contribution is 0.591. The molecule has 7 aromatic carbocycles. The van der Waals surface area contributed by atoms with E-state index in [9.17, 15) is 0 Å². The molecule has 0 bridgehead atoms. The van der Waals surface area contributed by atoms with E-state index in [1.165, 1.54) is 127 Å². The van der Waals surface area contributed by atoms with Crippen molar-refractivity contribution in [2.45, 2.75) is 145 Å². The highest BCUT2D eigenvalue weighted by molar-refractivity contribution is 7.00. The van der Waals surface area contributed by atoms with E-state index >= 15 is 0 Å². The minimum absolute atomic E-state index is 0.0231. The molecule has 68 heavy (non-hydrogen) atoms. The van der Waals surface area contributed by atoms with Crippen LogP contribution in [0, 0.1) is 0 Å². The van der Waals surface area contributed by atoms with Crippen LogP contribution in [0.5, 0.6) is 0 Å². The number of nitrogens with zero attached hydrogens (tertiary/aromatic N) is 2. The van der Waals surface area contributed by atoms with E-state index in [1.807, 2.05) is 0 Å². The van der Waals surface area contributed by atoms with E-state index in [4.69, 9.17) is 0 Å². The first kappa shape index (κ1) is 44.8. The van der Waals surface area contributed by atoms with Crippen LogP contribution < -0.4 is 32.8 Å². The number of para-hydroxylation sites is 3. The molecule has 0 aliphatic carbocycles. The number of benzene rings is 7. The Kier molecular flexibility index (Phi) is 10.5. The molecule has 2 aliphatic rings. The molecule has 0 atom stereocenters. The van der Waals surface area contributed by atoms with E-state index in [0.29, 0.717) is 35.5 Å². The smallest absolute Gasteiger partial charge is 0.247 e. The second-order valence-electron chi connectivity index (χ2n) is 23.6. The highest BCUT2D eigenvalue weighted by Crippen LogP contribution is 2.40. The van der Waals surface area contributed by atoms with Crippen LogP contribution in [0.1, 0.15) is 178 Å². The van der Waals surface area contributed by atoms with Crippen LogP contribution in [0.2, 0.25) is 0 Å². The first-order chi connectivity index (χ1) is 32.4. The van der Waals surface area contributed by atoms with Gasteiger partial charge in [0.25, 0.3) is 0 Å². The fourth-order valence-electron chi connectivity index (χ4n) is 12.7. The van der Waals surface area contributed by atoms with Crippen molar-refractivity contribution in [3.8, 4) is 11.4 Å². The molecule has 0 N–H and O–H groups in total. The second-order valence-corrected chi connectivity index (χ2v) is 23.6. The van der Waals surface area contributed by atoms with Crippen LogP contribution in [0.3, 0.4) is 0 Å². The van der Waals surface area contributed by atoms with Crippen molar-refractivity contribution >= 4 is 89.8 Å². The van der Waals surface area contributed by atoms with Gasteiger partial charge in [-0.3, -0.25) is 0 Å². The lowest BCUT2D eigenvalue weighted by Gasteiger charge is -2.36. The highest BCUT2D eigenvalue weighted by Gasteiger charge is 2.42. The fraction of sp³-hybridized carbons (Fsp3) is 0.344. The number of hydrogen-bond acceptors (Lipinski definition) is 0. The first-order valence-corrected chi connectivity index (χ1v) is 26.0. The SMILES string of the molecule is CC(C)c1cc(C(C)C)c(B2c3cc4c(cc3-n3c5ccccc5c5cccc2c53)B(c2c(C(C)C)cc(C(C)C)cc2C(C)C)c2cccc3c5cc(C(C)(C)C)ccc5n-4c23)c(C(C)C)c1. The Morgan fingerprint density at radius 3 is 1.18 bits per heavy atom. The molecule has 2 aliphatic heterocycles. The van der Waals surface area contributed by atoms with E-state index in [0.717, 1.165) is 0 Å². The van der Waals surface area contributed by atoms with Crippen molar-refractivity contribution in [2.75, 3.05) is 0 Å². The van der Waals surface area contributed by atoms with Gasteiger partial charge in [-0.2, -0.15) is 0 Å². The van der Waals surface area contributed by atoms with Crippen LogP contribution in [-0.4, -0.2) is 22.6 Å². The van der Waals surface area contributed by atoms with Gasteiger partial charge in [0.05, 0.1) is 11.0 Å². The van der Waals surface area contributed by atoms with Crippen molar-refractivity contribution in [3.63, 3.8) is 0 Å². The second kappa shape index (κ2) is 15.9. The lowest BCUT2D eigenvalue weighted by Crippen LogP contribution is -2.61. The van der Waals surface area contributed by atoms with Crippen LogP contribution in [0.15, 0.2) is 115 Å². The third-order valence-corrected chi connectivity index (χ3v) is 16.2. The summed E-state index contributed by atoms with van der Waals surface area (Å²) in [5, 5.41) is 5.35. The van der Waals surface area contributed by atoms with Crippen LogP contribution in [-0.2, 0) is 5.41 Å². The minimum Gasteiger partial charge on any atom is -0.310 e. The Balaban J connectivity index is 1.36. The largest absolute Gasteiger partial charge is 0.310 e. The van der Waals surface area contributed by atoms with E-state index in [2.05, 4.69) is 228 Å². The summed E-state index contributed by atoms with van der Waals surface area (Å²) < 4.78 is 5.37. The zero-order valence-corrected chi connectivity index (χ0v) is 43.5. The summed E-state index contributed by atoms with van der Waals surface area (Å²) in [5.41, 5.74) is 26.7. The zero-order valence-electron chi connectivity index (χ0n) is 43.5. The van der Waals surface area contributed by atoms with E-state index in [-0.39, 0.29) is 18.8 Å². The van der Waals surface area contributed by atoms with Gasteiger partial charge in [0.15, 0.2) is 0 Å². The lowest BCUT2D eigenvalue weighted by atomic mass is 9.31. The monoisotopic (exact) mass is 889 g/mol. The van der Waals surface area contributed by atoms with Gasteiger partial charge in [-0.25, -0.2) is 0 Å². The van der Waals surface area contributed by atoms with E-state index in [1.54, 1.807) is 0 Å². The van der Waals surface area contributed by atoms with Gasteiger partial charge in [-0.15, -0.1) is 0 Å². The molecule has 0 saturated heterocycles. The van der Waals surface area contributed by atoms with Crippen LogP contribution in [0.4, 0.5) is 0 Å². The Morgan fingerprint density at radius 2 is 0.765 bits per heavy atom. The van der Waals surface area contributed by atoms with Crippen molar-refractivity contribution in [2.24, 2.45) is 0 Å². The van der Waals surface area contributed by atoms with Crippen molar-refractivity contribution in [3.05, 3.63) is 154 Å².